The molecule has 0 unspecified atom stereocenters. The normalized spacial score (nSPS) is 14.2. The molecule has 2 aromatic rings. The lowest BCUT2D eigenvalue weighted by molar-refractivity contribution is -0.146. The Morgan fingerprint density at radius 2 is 1.56 bits per heavy atom. The van der Waals surface area contributed by atoms with Gasteiger partial charge in [-0.1, -0.05) is 51.1 Å². The van der Waals surface area contributed by atoms with E-state index in [-0.39, 0.29) is 11.0 Å². The van der Waals surface area contributed by atoms with Crippen LogP contribution in [0.2, 0.25) is 0 Å². The van der Waals surface area contributed by atoms with Crippen LogP contribution in [0.4, 0.5) is 5.69 Å². The molecular formula is C25H31N3O4. The summed E-state index contributed by atoms with van der Waals surface area (Å²) in [5, 5.41) is 11.6. The van der Waals surface area contributed by atoms with Crippen molar-refractivity contribution < 1.29 is 19.5 Å². The van der Waals surface area contributed by atoms with Gasteiger partial charge in [-0.15, -0.1) is 0 Å². The van der Waals surface area contributed by atoms with Gasteiger partial charge in [0.05, 0.1) is 5.56 Å². The molecule has 1 fully saturated rings. The fourth-order valence-corrected chi connectivity index (χ4v) is 3.89. The topological polar surface area (TPSA) is 90.0 Å². The number of nitrogens with zero attached hydrogens (tertiary/aromatic N) is 2. The van der Waals surface area contributed by atoms with Crippen LogP contribution in [0.25, 0.3) is 0 Å². The summed E-state index contributed by atoms with van der Waals surface area (Å²) in [7, 11) is 0. The summed E-state index contributed by atoms with van der Waals surface area (Å²) in [4.78, 5) is 39.7. The van der Waals surface area contributed by atoms with E-state index in [0.29, 0.717) is 39.1 Å². The second kappa shape index (κ2) is 9.85. The number of benzene rings is 2. The maximum absolute atomic E-state index is 12.6. The van der Waals surface area contributed by atoms with Gasteiger partial charge in [0.1, 0.15) is 0 Å². The minimum atomic E-state index is -0.975. The van der Waals surface area contributed by atoms with Gasteiger partial charge in [-0.3, -0.25) is 9.59 Å². The maximum atomic E-state index is 12.6. The van der Waals surface area contributed by atoms with Crippen LogP contribution in [0.5, 0.6) is 0 Å². The Bertz CT molecular complexity index is 971. The van der Waals surface area contributed by atoms with E-state index < -0.39 is 17.8 Å². The summed E-state index contributed by atoms with van der Waals surface area (Å²) in [6.07, 6.45) is 0.524. The van der Waals surface area contributed by atoms with Crippen molar-refractivity contribution >= 4 is 23.5 Å². The second-order valence-corrected chi connectivity index (χ2v) is 9.05. The Labute approximate surface area is 189 Å². The molecule has 2 N–H and O–H groups in total. The number of rotatable bonds is 5. The number of hydrogen-bond acceptors (Lipinski definition) is 4. The van der Waals surface area contributed by atoms with E-state index in [1.165, 1.54) is 23.4 Å². The van der Waals surface area contributed by atoms with Crippen molar-refractivity contribution in [2.24, 2.45) is 0 Å². The highest BCUT2D eigenvalue weighted by Gasteiger charge is 2.28. The second-order valence-electron chi connectivity index (χ2n) is 9.05. The molecule has 0 bridgehead atoms. The Balaban J connectivity index is 1.49. The molecule has 1 aliphatic rings. The zero-order chi connectivity index (χ0) is 23.3. The Hall–Kier alpha value is -3.35. The lowest BCUT2D eigenvalue weighted by Crippen LogP contribution is -2.53. The summed E-state index contributed by atoms with van der Waals surface area (Å²) in [6.45, 7) is 9.26. The number of carboxylic acid groups (broad SMARTS) is 1. The molecule has 7 heteroatoms. The summed E-state index contributed by atoms with van der Waals surface area (Å²) < 4.78 is 0. The molecule has 1 saturated heterocycles. The van der Waals surface area contributed by atoms with Gasteiger partial charge in [-0.2, -0.15) is 0 Å². The number of carboxylic acids is 1. The maximum Gasteiger partial charge on any atom is 0.335 e. The van der Waals surface area contributed by atoms with E-state index in [1.807, 2.05) is 6.07 Å². The fraction of sp³-hybridized carbons (Fsp3) is 0.400. The first kappa shape index (κ1) is 23.3. The first-order valence-electron chi connectivity index (χ1n) is 10.9. The van der Waals surface area contributed by atoms with Crippen LogP contribution in [-0.2, 0) is 21.4 Å². The predicted octanol–water partition coefficient (Wildman–Crippen LogP) is 2.69. The van der Waals surface area contributed by atoms with Crippen molar-refractivity contribution in [1.29, 1.82) is 0 Å². The Morgan fingerprint density at radius 1 is 0.938 bits per heavy atom. The lowest BCUT2D eigenvalue weighted by atomic mass is 9.85. The molecule has 7 nitrogen and oxygen atoms in total. The first-order valence-corrected chi connectivity index (χ1v) is 10.9. The van der Waals surface area contributed by atoms with Crippen LogP contribution in [0, 0.1) is 0 Å². The minimum absolute atomic E-state index is 0.0252. The van der Waals surface area contributed by atoms with Gasteiger partial charge >= 0.3 is 17.8 Å². The third-order valence-electron chi connectivity index (χ3n) is 5.71. The van der Waals surface area contributed by atoms with Gasteiger partial charge in [0.2, 0.25) is 0 Å². The number of amides is 2. The molecule has 1 heterocycles. The van der Waals surface area contributed by atoms with Crippen molar-refractivity contribution in [2.75, 3.05) is 37.6 Å². The van der Waals surface area contributed by atoms with E-state index in [9.17, 15) is 14.4 Å². The number of piperazine rings is 1. The van der Waals surface area contributed by atoms with E-state index >= 15 is 0 Å². The molecule has 0 radical (unpaired) electrons. The minimum Gasteiger partial charge on any atom is -0.478 e. The van der Waals surface area contributed by atoms with Gasteiger partial charge in [0, 0.05) is 38.4 Å². The molecule has 32 heavy (non-hydrogen) atoms. The lowest BCUT2D eigenvalue weighted by Gasteiger charge is -2.38. The number of hydrogen-bond donors (Lipinski definition) is 2. The Morgan fingerprint density at radius 3 is 2.16 bits per heavy atom. The third kappa shape index (κ3) is 5.66. The van der Waals surface area contributed by atoms with E-state index in [0.717, 1.165) is 5.56 Å². The molecular weight excluding hydrogens is 406 g/mol. The molecule has 0 aromatic heterocycles. The van der Waals surface area contributed by atoms with Gasteiger partial charge in [0.15, 0.2) is 0 Å². The smallest absolute Gasteiger partial charge is 0.335 e. The molecule has 170 valence electrons. The number of nitrogens with one attached hydrogen (secondary N) is 1. The molecule has 1 aliphatic heterocycles. The van der Waals surface area contributed by atoms with E-state index in [1.54, 1.807) is 17.0 Å². The van der Waals surface area contributed by atoms with Crippen LogP contribution in [-0.4, -0.2) is 60.5 Å². The average molecular weight is 438 g/mol. The van der Waals surface area contributed by atoms with Gasteiger partial charge in [-0.25, -0.2) is 4.79 Å². The van der Waals surface area contributed by atoms with Crippen molar-refractivity contribution in [3.8, 4) is 0 Å². The van der Waals surface area contributed by atoms with Crippen LogP contribution < -0.4 is 10.2 Å². The standard InChI is InChI=1S/C25H31N3O4/c1-25(2,3)20-6-4-5-7-21(20)27-14-16-28(17-15-27)23(30)22(29)26-13-12-18-8-10-19(11-9-18)24(31)32/h4-11H,12-17H2,1-3H3,(H,26,29)(H,31,32). The van der Waals surface area contributed by atoms with E-state index in [4.69, 9.17) is 5.11 Å². The fourth-order valence-electron chi connectivity index (χ4n) is 3.89. The molecule has 0 spiro atoms. The summed E-state index contributed by atoms with van der Waals surface area (Å²) in [5.74, 6) is -2.08. The first-order chi connectivity index (χ1) is 15.2. The summed E-state index contributed by atoms with van der Waals surface area (Å²) in [5.41, 5.74) is 3.60. The summed E-state index contributed by atoms with van der Waals surface area (Å²) >= 11 is 0. The highest BCUT2D eigenvalue weighted by molar-refractivity contribution is 6.35. The van der Waals surface area contributed by atoms with Crippen molar-refractivity contribution in [2.45, 2.75) is 32.6 Å². The molecule has 0 saturated carbocycles. The van der Waals surface area contributed by atoms with Gasteiger partial charge in [-0.05, 0) is 41.2 Å². The molecule has 3 rings (SSSR count). The van der Waals surface area contributed by atoms with E-state index in [2.05, 4.69) is 49.2 Å². The van der Waals surface area contributed by atoms with Crippen LogP contribution >= 0.6 is 0 Å². The van der Waals surface area contributed by atoms with Gasteiger partial charge < -0.3 is 20.2 Å². The predicted molar refractivity (Wildman–Crippen MR) is 124 cm³/mol. The van der Waals surface area contributed by atoms with Crippen molar-refractivity contribution in [3.63, 3.8) is 0 Å². The van der Waals surface area contributed by atoms with Crippen molar-refractivity contribution in [3.05, 3.63) is 65.2 Å². The Kier molecular flexibility index (Phi) is 7.18. The number of aromatic carboxylic acids is 1. The monoisotopic (exact) mass is 437 g/mol. The van der Waals surface area contributed by atoms with Crippen LogP contribution in [0.15, 0.2) is 48.5 Å². The van der Waals surface area contributed by atoms with Crippen molar-refractivity contribution in [1.82, 2.24) is 10.2 Å². The zero-order valence-corrected chi connectivity index (χ0v) is 18.9. The SMILES string of the molecule is CC(C)(C)c1ccccc1N1CCN(C(=O)C(=O)NCCc2ccc(C(=O)O)cc2)CC1. The molecule has 2 aromatic carbocycles. The number of carbonyl (C=O) groups excluding carboxylic acids is 2. The van der Waals surface area contributed by atoms with Crippen LogP contribution in [0.1, 0.15) is 42.3 Å². The highest BCUT2D eigenvalue weighted by Crippen LogP contribution is 2.32. The average Bonchev–Trinajstić information content (AvgIpc) is 2.78. The number of anilines is 1. The largest absolute Gasteiger partial charge is 0.478 e. The van der Waals surface area contributed by atoms with Gasteiger partial charge in [0.25, 0.3) is 0 Å². The van der Waals surface area contributed by atoms with Crippen LogP contribution in [0.3, 0.4) is 0 Å². The molecule has 2 amide bonds. The zero-order valence-electron chi connectivity index (χ0n) is 18.9. The third-order valence-corrected chi connectivity index (χ3v) is 5.71. The number of para-hydroxylation sites is 1. The quantitative estimate of drug-likeness (QED) is 0.702. The number of carbonyl (C=O) groups is 3. The highest BCUT2D eigenvalue weighted by atomic mass is 16.4. The summed E-state index contributed by atoms with van der Waals surface area (Å²) in [6, 6.07) is 14.8. The molecule has 0 aliphatic carbocycles. The molecule has 0 atom stereocenters.